The summed E-state index contributed by atoms with van der Waals surface area (Å²) in [6.07, 6.45) is 1.66. The molecule has 0 saturated carbocycles. The molecule has 0 saturated heterocycles. The van der Waals surface area contributed by atoms with E-state index in [9.17, 15) is 8.42 Å². The number of aromatic nitrogens is 1. The van der Waals surface area contributed by atoms with Crippen LogP contribution in [0.25, 0.3) is 0 Å². The molecule has 2 aromatic rings. The van der Waals surface area contributed by atoms with E-state index in [1.54, 1.807) is 24.4 Å². The third-order valence-corrected chi connectivity index (χ3v) is 4.54. The summed E-state index contributed by atoms with van der Waals surface area (Å²) in [6, 6.07) is 10.6. The van der Waals surface area contributed by atoms with Crippen molar-refractivity contribution in [1.29, 1.82) is 0 Å². The molecule has 0 aliphatic carbocycles. The number of hydrogen-bond acceptors (Lipinski definition) is 4. The van der Waals surface area contributed by atoms with Crippen molar-refractivity contribution in [2.24, 2.45) is 0 Å². The summed E-state index contributed by atoms with van der Waals surface area (Å²) >= 11 is 0. The molecule has 2 N–H and O–H groups in total. The number of aryl methyl sites for hydroxylation is 1. The van der Waals surface area contributed by atoms with E-state index in [1.807, 2.05) is 32.2 Å². The summed E-state index contributed by atoms with van der Waals surface area (Å²) in [4.78, 5) is 4.45. The van der Waals surface area contributed by atoms with Crippen LogP contribution < -0.4 is 10.0 Å². The molecule has 0 radical (unpaired) electrons. The van der Waals surface area contributed by atoms with E-state index in [-0.39, 0.29) is 11.4 Å². The van der Waals surface area contributed by atoms with Gasteiger partial charge in [-0.05, 0) is 43.3 Å². The third-order valence-electron chi connectivity index (χ3n) is 3.14. The van der Waals surface area contributed by atoms with Gasteiger partial charge in [0.25, 0.3) is 0 Å². The smallest absolute Gasteiger partial charge is 0.240 e. The highest BCUT2D eigenvalue weighted by Crippen LogP contribution is 2.12. The molecule has 21 heavy (non-hydrogen) atoms. The molecule has 0 bridgehead atoms. The Balaban J connectivity index is 2.15. The molecule has 6 heteroatoms. The fourth-order valence-corrected chi connectivity index (χ4v) is 3.03. The molecule has 5 nitrogen and oxygen atoms in total. The SMILES string of the molecule is CNCc1cccc(S(=O)(=O)NCc2ncccc2C)c1. The number of rotatable bonds is 6. The number of benzene rings is 1. The zero-order valence-electron chi connectivity index (χ0n) is 12.1. The molecule has 1 aromatic heterocycles. The first kappa shape index (κ1) is 15.6. The van der Waals surface area contributed by atoms with Gasteiger partial charge in [-0.25, -0.2) is 13.1 Å². The number of nitrogens with zero attached hydrogens (tertiary/aromatic N) is 1. The summed E-state index contributed by atoms with van der Waals surface area (Å²) in [7, 11) is -1.71. The predicted molar refractivity (Wildman–Crippen MR) is 82.2 cm³/mol. The predicted octanol–water partition coefficient (Wildman–Crippen LogP) is 1.59. The van der Waals surface area contributed by atoms with Gasteiger partial charge in [-0.15, -0.1) is 0 Å². The van der Waals surface area contributed by atoms with Crippen molar-refractivity contribution >= 4 is 10.0 Å². The van der Waals surface area contributed by atoms with Crippen LogP contribution >= 0.6 is 0 Å². The highest BCUT2D eigenvalue weighted by atomic mass is 32.2. The highest BCUT2D eigenvalue weighted by Gasteiger charge is 2.14. The van der Waals surface area contributed by atoms with Gasteiger partial charge in [-0.3, -0.25) is 4.98 Å². The van der Waals surface area contributed by atoms with Gasteiger partial charge >= 0.3 is 0 Å². The Morgan fingerprint density at radius 1 is 1.14 bits per heavy atom. The van der Waals surface area contributed by atoms with Crippen molar-refractivity contribution in [2.75, 3.05) is 7.05 Å². The summed E-state index contributed by atoms with van der Waals surface area (Å²) in [6.45, 7) is 2.72. The highest BCUT2D eigenvalue weighted by molar-refractivity contribution is 7.89. The lowest BCUT2D eigenvalue weighted by Crippen LogP contribution is -2.24. The van der Waals surface area contributed by atoms with Crippen LogP contribution in [0.4, 0.5) is 0 Å². The molecule has 0 unspecified atom stereocenters. The molecular formula is C15H19N3O2S. The van der Waals surface area contributed by atoms with Gasteiger partial charge in [0.1, 0.15) is 0 Å². The molecule has 0 aliphatic heterocycles. The van der Waals surface area contributed by atoms with Crippen molar-refractivity contribution in [1.82, 2.24) is 15.0 Å². The molecule has 0 amide bonds. The zero-order chi connectivity index (χ0) is 15.3. The molecule has 0 atom stereocenters. The first-order valence-corrected chi connectivity index (χ1v) is 8.15. The van der Waals surface area contributed by atoms with Crippen molar-refractivity contribution in [2.45, 2.75) is 24.9 Å². The maximum Gasteiger partial charge on any atom is 0.240 e. The average molecular weight is 305 g/mol. The van der Waals surface area contributed by atoms with Crippen LogP contribution in [-0.2, 0) is 23.1 Å². The van der Waals surface area contributed by atoms with E-state index in [0.717, 1.165) is 16.8 Å². The van der Waals surface area contributed by atoms with E-state index < -0.39 is 10.0 Å². The lowest BCUT2D eigenvalue weighted by molar-refractivity contribution is 0.580. The van der Waals surface area contributed by atoms with E-state index in [0.29, 0.717) is 6.54 Å². The maximum absolute atomic E-state index is 12.3. The van der Waals surface area contributed by atoms with Gasteiger partial charge in [-0.1, -0.05) is 18.2 Å². The molecule has 0 aliphatic rings. The van der Waals surface area contributed by atoms with E-state index in [2.05, 4.69) is 15.0 Å². The minimum atomic E-state index is -3.53. The van der Waals surface area contributed by atoms with Crippen LogP contribution in [0.1, 0.15) is 16.8 Å². The lowest BCUT2D eigenvalue weighted by atomic mass is 10.2. The minimum absolute atomic E-state index is 0.186. The van der Waals surface area contributed by atoms with Gasteiger partial charge in [-0.2, -0.15) is 0 Å². The van der Waals surface area contributed by atoms with Crippen molar-refractivity contribution in [3.05, 3.63) is 59.4 Å². The van der Waals surface area contributed by atoms with Crippen LogP contribution in [0.2, 0.25) is 0 Å². The van der Waals surface area contributed by atoms with Gasteiger partial charge in [0.05, 0.1) is 17.1 Å². The lowest BCUT2D eigenvalue weighted by Gasteiger charge is -2.09. The Morgan fingerprint density at radius 3 is 2.67 bits per heavy atom. The summed E-state index contributed by atoms with van der Waals surface area (Å²) in [5.41, 5.74) is 2.62. The Bertz CT molecular complexity index is 714. The van der Waals surface area contributed by atoms with Gasteiger partial charge in [0.15, 0.2) is 0 Å². The molecule has 2 rings (SSSR count). The standard InChI is InChI=1S/C15H19N3O2S/c1-12-5-4-8-17-15(12)11-18-21(19,20)14-7-3-6-13(9-14)10-16-2/h3-9,16,18H,10-11H2,1-2H3. The first-order valence-electron chi connectivity index (χ1n) is 6.66. The Hall–Kier alpha value is -1.76. The van der Waals surface area contributed by atoms with Crippen LogP contribution in [-0.4, -0.2) is 20.4 Å². The maximum atomic E-state index is 12.3. The molecule has 0 spiro atoms. The topological polar surface area (TPSA) is 71.1 Å². The van der Waals surface area contributed by atoms with E-state index >= 15 is 0 Å². The zero-order valence-corrected chi connectivity index (χ0v) is 12.9. The Labute approximate surface area is 125 Å². The Morgan fingerprint density at radius 2 is 1.95 bits per heavy atom. The molecule has 112 valence electrons. The normalized spacial score (nSPS) is 11.5. The second-order valence-electron chi connectivity index (χ2n) is 4.77. The third kappa shape index (κ3) is 4.10. The molecule has 0 fully saturated rings. The fourth-order valence-electron chi connectivity index (χ4n) is 1.98. The van der Waals surface area contributed by atoms with Crippen LogP contribution in [0, 0.1) is 6.92 Å². The van der Waals surface area contributed by atoms with Gasteiger partial charge in [0, 0.05) is 12.7 Å². The van der Waals surface area contributed by atoms with Crippen LogP contribution in [0.3, 0.4) is 0 Å². The molecule has 1 heterocycles. The van der Waals surface area contributed by atoms with E-state index in [1.165, 1.54) is 0 Å². The number of nitrogens with one attached hydrogen (secondary N) is 2. The number of pyridine rings is 1. The molecule has 1 aromatic carbocycles. The largest absolute Gasteiger partial charge is 0.316 e. The summed E-state index contributed by atoms with van der Waals surface area (Å²) in [5, 5.41) is 3.00. The number of sulfonamides is 1. The van der Waals surface area contributed by atoms with Crippen LogP contribution in [0.15, 0.2) is 47.5 Å². The second-order valence-corrected chi connectivity index (χ2v) is 6.54. The minimum Gasteiger partial charge on any atom is -0.316 e. The van der Waals surface area contributed by atoms with Crippen molar-refractivity contribution in [3.8, 4) is 0 Å². The summed E-state index contributed by atoms with van der Waals surface area (Å²) < 4.78 is 27.2. The number of hydrogen-bond donors (Lipinski definition) is 2. The van der Waals surface area contributed by atoms with Gasteiger partial charge < -0.3 is 5.32 Å². The van der Waals surface area contributed by atoms with E-state index in [4.69, 9.17) is 0 Å². The quantitative estimate of drug-likeness (QED) is 0.850. The summed E-state index contributed by atoms with van der Waals surface area (Å²) in [5.74, 6) is 0. The molecular weight excluding hydrogens is 286 g/mol. The van der Waals surface area contributed by atoms with Gasteiger partial charge in [0.2, 0.25) is 10.0 Å². The van der Waals surface area contributed by atoms with Crippen molar-refractivity contribution < 1.29 is 8.42 Å². The fraction of sp³-hybridized carbons (Fsp3) is 0.267. The average Bonchev–Trinajstić information content (AvgIpc) is 2.47. The van der Waals surface area contributed by atoms with Crippen LogP contribution in [0.5, 0.6) is 0 Å². The second kappa shape index (κ2) is 6.80. The van der Waals surface area contributed by atoms with Crippen molar-refractivity contribution in [3.63, 3.8) is 0 Å². The first-order chi connectivity index (χ1) is 10.0. The monoisotopic (exact) mass is 305 g/mol. The Kier molecular flexibility index (Phi) is 5.06.